The minimum absolute atomic E-state index is 0.0449. The van der Waals surface area contributed by atoms with Crippen LogP contribution < -0.4 is 15.4 Å². The highest BCUT2D eigenvalue weighted by molar-refractivity contribution is 5.86. The van der Waals surface area contributed by atoms with E-state index in [0.29, 0.717) is 18.1 Å². The van der Waals surface area contributed by atoms with Gasteiger partial charge in [-0.3, -0.25) is 4.79 Å². The Morgan fingerprint density at radius 3 is 2.68 bits per heavy atom. The van der Waals surface area contributed by atoms with Gasteiger partial charge in [0.2, 0.25) is 11.8 Å². The highest BCUT2D eigenvalue weighted by Gasteiger charge is 2.29. The number of likely N-dealkylation sites (N-methyl/N-ethyl adjacent to an activating group) is 1. The lowest BCUT2D eigenvalue weighted by Gasteiger charge is -2.14. The Morgan fingerprint density at radius 2 is 2.08 bits per heavy atom. The van der Waals surface area contributed by atoms with E-state index in [1.807, 2.05) is 6.92 Å². The van der Waals surface area contributed by atoms with Gasteiger partial charge in [-0.25, -0.2) is 9.98 Å². The van der Waals surface area contributed by atoms with Gasteiger partial charge in [0.1, 0.15) is 0 Å². The van der Waals surface area contributed by atoms with E-state index in [2.05, 4.69) is 20.6 Å². The number of carbonyl (C=O) groups excluding carboxylic acids is 1. The van der Waals surface area contributed by atoms with Gasteiger partial charge in [-0.15, -0.1) is 0 Å². The third-order valence-corrected chi connectivity index (χ3v) is 2.88. The number of rotatable bonds is 7. The van der Waals surface area contributed by atoms with Crippen LogP contribution in [0.4, 0.5) is 13.2 Å². The number of guanidine groups is 1. The average Bonchev–Trinajstić information content (AvgIpc) is 2.55. The number of carbonyl (C=O) groups is 1. The predicted octanol–water partition coefficient (Wildman–Crippen LogP) is 1.17. The van der Waals surface area contributed by atoms with Gasteiger partial charge in [0.15, 0.2) is 12.6 Å². The van der Waals surface area contributed by atoms with Crippen molar-refractivity contribution >= 4 is 11.9 Å². The number of alkyl halides is 3. The normalized spacial score (nSPS) is 11.8. The molecule has 1 aromatic heterocycles. The zero-order chi connectivity index (χ0) is 18.9. The lowest BCUT2D eigenvalue weighted by molar-refractivity contribution is -0.154. The van der Waals surface area contributed by atoms with Crippen LogP contribution in [-0.4, -0.2) is 61.7 Å². The molecule has 1 rings (SSSR count). The van der Waals surface area contributed by atoms with Crippen molar-refractivity contribution < 1.29 is 22.7 Å². The SMILES string of the molecule is CCNC(=NCc1cccnc1OCC(F)(F)F)NCC(=O)N(C)C. The average molecular weight is 361 g/mol. The molecule has 140 valence electrons. The van der Waals surface area contributed by atoms with Crippen LogP contribution in [0, 0.1) is 0 Å². The number of pyridine rings is 1. The Labute approximate surface area is 144 Å². The van der Waals surface area contributed by atoms with E-state index < -0.39 is 12.8 Å². The summed E-state index contributed by atoms with van der Waals surface area (Å²) in [6.45, 7) is 1.09. The quantitative estimate of drug-likeness (QED) is 0.563. The second kappa shape index (κ2) is 9.70. The molecule has 10 heteroatoms. The number of hydrogen-bond donors (Lipinski definition) is 2. The van der Waals surface area contributed by atoms with Crippen LogP contribution in [0.1, 0.15) is 12.5 Å². The zero-order valence-corrected chi connectivity index (χ0v) is 14.4. The Morgan fingerprint density at radius 1 is 1.36 bits per heavy atom. The maximum absolute atomic E-state index is 12.3. The maximum Gasteiger partial charge on any atom is 0.422 e. The van der Waals surface area contributed by atoms with Crippen LogP contribution in [0.25, 0.3) is 0 Å². The first kappa shape index (κ1) is 20.5. The monoisotopic (exact) mass is 361 g/mol. The highest BCUT2D eigenvalue weighted by atomic mass is 19.4. The lowest BCUT2D eigenvalue weighted by atomic mass is 10.3. The second-order valence-electron chi connectivity index (χ2n) is 5.21. The number of ether oxygens (including phenoxy) is 1. The summed E-state index contributed by atoms with van der Waals surface area (Å²) in [4.78, 5) is 21.1. The Balaban J connectivity index is 2.76. The van der Waals surface area contributed by atoms with Crippen molar-refractivity contribution in [2.24, 2.45) is 4.99 Å². The van der Waals surface area contributed by atoms with Crippen molar-refractivity contribution in [3.05, 3.63) is 23.9 Å². The Bertz CT molecular complexity index is 591. The predicted molar refractivity (Wildman–Crippen MR) is 87.3 cm³/mol. The van der Waals surface area contributed by atoms with E-state index in [1.165, 1.54) is 11.1 Å². The molecule has 7 nitrogen and oxygen atoms in total. The molecule has 0 spiro atoms. The van der Waals surface area contributed by atoms with Gasteiger partial charge in [-0.1, -0.05) is 6.07 Å². The van der Waals surface area contributed by atoms with Gasteiger partial charge in [0.05, 0.1) is 13.1 Å². The smallest absolute Gasteiger partial charge is 0.422 e. The third-order valence-electron chi connectivity index (χ3n) is 2.88. The fourth-order valence-electron chi connectivity index (χ4n) is 1.65. The molecule has 0 aliphatic heterocycles. The van der Waals surface area contributed by atoms with E-state index in [9.17, 15) is 18.0 Å². The summed E-state index contributed by atoms with van der Waals surface area (Å²) in [6, 6.07) is 3.16. The van der Waals surface area contributed by atoms with Crippen molar-refractivity contribution in [3.63, 3.8) is 0 Å². The summed E-state index contributed by atoms with van der Waals surface area (Å²) in [5.74, 6) is 0.105. The van der Waals surface area contributed by atoms with Crippen LogP contribution in [0.2, 0.25) is 0 Å². The summed E-state index contributed by atoms with van der Waals surface area (Å²) in [5.41, 5.74) is 0.405. The van der Waals surface area contributed by atoms with Crippen LogP contribution in [0.15, 0.2) is 23.3 Å². The molecular formula is C15H22F3N5O2. The third kappa shape index (κ3) is 8.23. The van der Waals surface area contributed by atoms with Gasteiger partial charge in [0, 0.05) is 32.4 Å². The molecule has 0 atom stereocenters. The maximum atomic E-state index is 12.3. The van der Waals surface area contributed by atoms with Gasteiger partial charge in [-0.2, -0.15) is 13.2 Å². The molecule has 0 aromatic carbocycles. The molecule has 0 radical (unpaired) electrons. The number of aromatic nitrogens is 1. The standard InChI is InChI=1S/C15H22F3N5O2/c1-4-19-14(22-9-12(24)23(2)3)21-8-11-6-5-7-20-13(11)25-10-15(16,17)18/h5-7H,4,8-10H2,1-3H3,(H2,19,21,22). The van der Waals surface area contributed by atoms with Gasteiger partial charge in [-0.05, 0) is 13.0 Å². The van der Waals surface area contributed by atoms with Crippen LogP contribution in [-0.2, 0) is 11.3 Å². The molecule has 25 heavy (non-hydrogen) atoms. The van der Waals surface area contributed by atoms with Crippen molar-refractivity contribution in [3.8, 4) is 5.88 Å². The Hall–Kier alpha value is -2.52. The van der Waals surface area contributed by atoms with Crippen molar-refractivity contribution in [2.75, 3.05) is 33.8 Å². The van der Waals surface area contributed by atoms with E-state index in [1.54, 1.807) is 26.2 Å². The molecule has 0 aliphatic carbocycles. The van der Waals surface area contributed by atoms with Crippen LogP contribution in [0.5, 0.6) is 5.88 Å². The van der Waals surface area contributed by atoms with Crippen LogP contribution >= 0.6 is 0 Å². The van der Waals surface area contributed by atoms with E-state index >= 15 is 0 Å². The van der Waals surface area contributed by atoms with Crippen molar-refractivity contribution in [1.82, 2.24) is 20.5 Å². The van der Waals surface area contributed by atoms with Crippen molar-refractivity contribution in [2.45, 2.75) is 19.6 Å². The molecule has 0 saturated carbocycles. The molecule has 0 fully saturated rings. The first-order valence-corrected chi connectivity index (χ1v) is 7.58. The first-order valence-electron chi connectivity index (χ1n) is 7.58. The van der Waals surface area contributed by atoms with E-state index in [-0.39, 0.29) is 24.9 Å². The number of halogens is 3. The molecule has 0 bridgehead atoms. The largest absolute Gasteiger partial charge is 0.468 e. The fourth-order valence-corrected chi connectivity index (χ4v) is 1.65. The van der Waals surface area contributed by atoms with Gasteiger partial charge < -0.3 is 20.3 Å². The number of amides is 1. The summed E-state index contributed by atoms with van der Waals surface area (Å²) in [6.07, 6.45) is -3.10. The first-order chi connectivity index (χ1) is 11.7. The number of nitrogens with one attached hydrogen (secondary N) is 2. The summed E-state index contributed by atoms with van der Waals surface area (Å²) < 4.78 is 41.6. The number of hydrogen-bond acceptors (Lipinski definition) is 4. The topological polar surface area (TPSA) is 78.9 Å². The van der Waals surface area contributed by atoms with Gasteiger partial charge >= 0.3 is 6.18 Å². The lowest BCUT2D eigenvalue weighted by Crippen LogP contribution is -2.42. The molecule has 1 heterocycles. The number of nitrogens with zero attached hydrogens (tertiary/aromatic N) is 3. The van der Waals surface area contributed by atoms with Crippen LogP contribution in [0.3, 0.4) is 0 Å². The minimum Gasteiger partial charge on any atom is -0.468 e. The zero-order valence-electron chi connectivity index (χ0n) is 14.4. The number of aliphatic imine (C=N–C) groups is 1. The van der Waals surface area contributed by atoms with E-state index in [4.69, 9.17) is 4.74 Å². The fraction of sp³-hybridized carbons (Fsp3) is 0.533. The minimum atomic E-state index is -4.44. The molecule has 1 aromatic rings. The Kier molecular flexibility index (Phi) is 7.96. The summed E-state index contributed by atoms with van der Waals surface area (Å²) in [5, 5.41) is 5.80. The molecule has 0 unspecified atom stereocenters. The van der Waals surface area contributed by atoms with Crippen molar-refractivity contribution in [1.29, 1.82) is 0 Å². The highest BCUT2D eigenvalue weighted by Crippen LogP contribution is 2.20. The molecular weight excluding hydrogens is 339 g/mol. The van der Waals surface area contributed by atoms with E-state index in [0.717, 1.165) is 0 Å². The molecule has 0 aliphatic rings. The molecule has 0 saturated heterocycles. The van der Waals surface area contributed by atoms with Gasteiger partial charge in [0.25, 0.3) is 0 Å². The summed E-state index contributed by atoms with van der Waals surface area (Å²) in [7, 11) is 3.27. The summed E-state index contributed by atoms with van der Waals surface area (Å²) >= 11 is 0. The second-order valence-corrected chi connectivity index (χ2v) is 5.21. The molecule has 1 amide bonds. The molecule has 2 N–H and O–H groups in total.